The van der Waals surface area contributed by atoms with Gasteiger partial charge in [-0.25, -0.2) is 0 Å². The van der Waals surface area contributed by atoms with Crippen LogP contribution in [0.3, 0.4) is 0 Å². The molecule has 0 saturated carbocycles. The van der Waals surface area contributed by atoms with E-state index in [0.29, 0.717) is 73.8 Å². The van der Waals surface area contributed by atoms with E-state index in [1.54, 1.807) is 34.1 Å². The van der Waals surface area contributed by atoms with E-state index >= 15 is 0 Å². The molecular formula is C25H27ClN4O5. The van der Waals surface area contributed by atoms with Crippen LogP contribution in [0.1, 0.15) is 6.42 Å². The maximum Gasteiger partial charge on any atom is 0.238 e. The van der Waals surface area contributed by atoms with E-state index < -0.39 is 0 Å². The van der Waals surface area contributed by atoms with Crippen LogP contribution in [-0.4, -0.2) is 80.0 Å². The third-order valence-electron chi connectivity index (χ3n) is 6.51. The van der Waals surface area contributed by atoms with Crippen molar-refractivity contribution in [3.63, 3.8) is 0 Å². The number of carbonyl (C=O) groups is 3. The van der Waals surface area contributed by atoms with Crippen molar-refractivity contribution in [3.8, 4) is 11.5 Å². The van der Waals surface area contributed by atoms with Crippen LogP contribution in [0.15, 0.2) is 42.5 Å². The van der Waals surface area contributed by atoms with Gasteiger partial charge in [0.05, 0.1) is 23.2 Å². The number of fused-ring (bicyclic) bond motifs is 1. The van der Waals surface area contributed by atoms with Crippen molar-refractivity contribution in [1.29, 1.82) is 0 Å². The van der Waals surface area contributed by atoms with Gasteiger partial charge in [0.25, 0.3) is 0 Å². The zero-order valence-electron chi connectivity index (χ0n) is 19.2. The number of ether oxygens (including phenoxy) is 2. The average Bonchev–Trinajstić information content (AvgIpc) is 3.26. The van der Waals surface area contributed by atoms with E-state index in [-0.39, 0.29) is 36.6 Å². The number of rotatable bonds is 5. The van der Waals surface area contributed by atoms with Crippen molar-refractivity contribution in [3.05, 3.63) is 47.5 Å². The molecule has 2 aromatic rings. The maximum atomic E-state index is 13.2. The van der Waals surface area contributed by atoms with E-state index in [1.807, 2.05) is 23.1 Å². The number of hydrogen-bond acceptors (Lipinski definition) is 6. The van der Waals surface area contributed by atoms with Crippen molar-refractivity contribution in [2.24, 2.45) is 5.92 Å². The van der Waals surface area contributed by atoms with Crippen LogP contribution in [0, 0.1) is 5.92 Å². The molecule has 0 spiro atoms. The molecule has 2 aromatic carbocycles. The van der Waals surface area contributed by atoms with Crippen LogP contribution in [0.4, 0.5) is 11.4 Å². The second-order valence-corrected chi connectivity index (χ2v) is 9.27. The Balaban J connectivity index is 1.12. The SMILES string of the molecule is O=C(CN1CCN(C(=O)C2CC(=O)N(c3ccc4c(c3)OCCO4)C2)CC1)Nc1ccccc1Cl. The lowest BCUT2D eigenvalue weighted by Crippen LogP contribution is -2.52. The monoisotopic (exact) mass is 498 g/mol. The van der Waals surface area contributed by atoms with E-state index in [2.05, 4.69) is 5.32 Å². The predicted octanol–water partition coefficient (Wildman–Crippen LogP) is 2.25. The third kappa shape index (κ3) is 5.21. The highest BCUT2D eigenvalue weighted by molar-refractivity contribution is 6.33. The van der Waals surface area contributed by atoms with Gasteiger partial charge in [0, 0.05) is 50.9 Å². The van der Waals surface area contributed by atoms with Gasteiger partial charge in [-0.3, -0.25) is 19.3 Å². The Labute approximate surface area is 208 Å². The lowest BCUT2D eigenvalue weighted by atomic mass is 10.1. The van der Waals surface area contributed by atoms with Crippen molar-refractivity contribution >= 4 is 40.7 Å². The Morgan fingerprint density at radius 2 is 1.74 bits per heavy atom. The number of anilines is 2. The zero-order valence-corrected chi connectivity index (χ0v) is 20.0. The molecule has 2 saturated heterocycles. The van der Waals surface area contributed by atoms with E-state index in [4.69, 9.17) is 21.1 Å². The Kier molecular flexibility index (Phi) is 6.79. The normalized spacial score (nSPS) is 20.1. The standard InChI is InChI=1S/C25H27ClN4O5/c26-19-3-1-2-4-20(19)27-23(31)16-28-7-9-29(10-8-28)25(33)17-13-24(32)30(15-17)18-5-6-21-22(14-18)35-12-11-34-21/h1-6,14,17H,7-13,15-16H2,(H,27,31). The summed E-state index contributed by atoms with van der Waals surface area (Å²) in [6.07, 6.45) is 0.188. The summed E-state index contributed by atoms with van der Waals surface area (Å²) < 4.78 is 11.2. The van der Waals surface area contributed by atoms with Gasteiger partial charge in [0.2, 0.25) is 17.7 Å². The smallest absolute Gasteiger partial charge is 0.238 e. The molecule has 0 bridgehead atoms. The van der Waals surface area contributed by atoms with Crippen molar-refractivity contribution in [2.75, 3.05) is 62.7 Å². The summed E-state index contributed by atoms with van der Waals surface area (Å²) in [5, 5.41) is 3.32. The van der Waals surface area contributed by atoms with E-state index in [0.717, 1.165) is 0 Å². The summed E-state index contributed by atoms with van der Waals surface area (Å²) in [5.41, 5.74) is 1.30. The maximum absolute atomic E-state index is 13.2. The molecule has 5 rings (SSSR count). The molecule has 0 aromatic heterocycles. The molecule has 3 aliphatic rings. The number of benzene rings is 2. The Hall–Kier alpha value is -3.30. The molecule has 1 atom stereocenters. The number of para-hydroxylation sites is 1. The molecule has 1 N–H and O–H groups in total. The molecule has 3 aliphatic heterocycles. The van der Waals surface area contributed by atoms with Crippen LogP contribution in [-0.2, 0) is 14.4 Å². The highest BCUT2D eigenvalue weighted by Crippen LogP contribution is 2.36. The topological polar surface area (TPSA) is 91.4 Å². The summed E-state index contributed by atoms with van der Waals surface area (Å²) in [5.74, 6) is 0.664. The summed E-state index contributed by atoms with van der Waals surface area (Å²) in [6.45, 7) is 3.77. The fraction of sp³-hybridized carbons (Fsp3) is 0.400. The van der Waals surface area contributed by atoms with Gasteiger partial charge in [0.1, 0.15) is 13.2 Å². The first kappa shape index (κ1) is 23.4. The summed E-state index contributed by atoms with van der Waals surface area (Å²) in [7, 11) is 0. The van der Waals surface area contributed by atoms with Gasteiger partial charge in [-0.2, -0.15) is 0 Å². The molecular weight excluding hydrogens is 472 g/mol. The second kappa shape index (κ2) is 10.1. The highest BCUT2D eigenvalue weighted by atomic mass is 35.5. The van der Waals surface area contributed by atoms with Gasteiger partial charge in [-0.05, 0) is 24.3 Å². The van der Waals surface area contributed by atoms with Gasteiger partial charge >= 0.3 is 0 Å². The van der Waals surface area contributed by atoms with Crippen molar-refractivity contribution < 1.29 is 23.9 Å². The number of nitrogens with one attached hydrogen (secondary N) is 1. The lowest BCUT2D eigenvalue weighted by Gasteiger charge is -2.35. The number of halogens is 1. The molecule has 35 heavy (non-hydrogen) atoms. The zero-order chi connectivity index (χ0) is 24.4. The Morgan fingerprint density at radius 1 is 1.00 bits per heavy atom. The van der Waals surface area contributed by atoms with Gasteiger partial charge in [-0.1, -0.05) is 23.7 Å². The minimum atomic E-state index is -0.384. The molecule has 9 nitrogen and oxygen atoms in total. The lowest BCUT2D eigenvalue weighted by molar-refractivity contribution is -0.137. The number of hydrogen-bond donors (Lipinski definition) is 1. The van der Waals surface area contributed by atoms with Crippen molar-refractivity contribution in [2.45, 2.75) is 6.42 Å². The Bertz CT molecular complexity index is 1130. The van der Waals surface area contributed by atoms with Crippen LogP contribution in [0.5, 0.6) is 11.5 Å². The molecule has 2 fully saturated rings. The van der Waals surface area contributed by atoms with Crippen LogP contribution in [0.2, 0.25) is 5.02 Å². The molecule has 1 unspecified atom stereocenters. The molecule has 10 heteroatoms. The fourth-order valence-corrected chi connectivity index (χ4v) is 4.85. The molecule has 3 heterocycles. The van der Waals surface area contributed by atoms with E-state index in [9.17, 15) is 14.4 Å². The fourth-order valence-electron chi connectivity index (χ4n) is 4.66. The number of carbonyl (C=O) groups excluding carboxylic acids is 3. The quantitative estimate of drug-likeness (QED) is 0.680. The van der Waals surface area contributed by atoms with Gasteiger partial charge in [-0.15, -0.1) is 0 Å². The highest BCUT2D eigenvalue weighted by Gasteiger charge is 2.38. The van der Waals surface area contributed by atoms with Crippen LogP contribution >= 0.6 is 11.6 Å². The molecule has 0 aliphatic carbocycles. The largest absolute Gasteiger partial charge is 0.486 e. The van der Waals surface area contributed by atoms with Crippen LogP contribution < -0.4 is 19.7 Å². The minimum absolute atomic E-state index is 0.0152. The summed E-state index contributed by atoms with van der Waals surface area (Å²) in [6, 6.07) is 12.5. The number of amides is 3. The third-order valence-corrected chi connectivity index (χ3v) is 6.84. The van der Waals surface area contributed by atoms with Crippen LogP contribution in [0.25, 0.3) is 0 Å². The molecule has 0 radical (unpaired) electrons. The first-order valence-corrected chi connectivity index (χ1v) is 12.1. The van der Waals surface area contributed by atoms with Gasteiger partial charge in [0.15, 0.2) is 11.5 Å². The molecule has 184 valence electrons. The Morgan fingerprint density at radius 3 is 2.51 bits per heavy atom. The summed E-state index contributed by atoms with van der Waals surface area (Å²) >= 11 is 6.11. The molecule has 3 amide bonds. The second-order valence-electron chi connectivity index (χ2n) is 8.86. The average molecular weight is 499 g/mol. The number of nitrogens with zero attached hydrogens (tertiary/aromatic N) is 3. The van der Waals surface area contributed by atoms with Gasteiger partial charge < -0.3 is 24.6 Å². The first-order chi connectivity index (χ1) is 17.0. The number of piperazine rings is 1. The minimum Gasteiger partial charge on any atom is -0.486 e. The van der Waals surface area contributed by atoms with E-state index in [1.165, 1.54) is 0 Å². The van der Waals surface area contributed by atoms with Crippen molar-refractivity contribution in [1.82, 2.24) is 9.80 Å². The first-order valence-electron chi connectivity index (χ1n) is 11.7. The summed E-state index contributed by atoms with van der Waals surface area (Å²) in [4.78, 5) is 43.7. The predicted molar refractivity (Wildman–Crippen MR) is 131 cm³/mol.